The first kappa shape index (κ1) is 28.9. The Hall–Kier alpha value is 0.858. The van der Waals surface area contributed by atoms with Gasteiger partial charge in [0.05, 0.1) is 24.2 Å². The predicted molar refractivity (Wildman–Crippen MR) is 149 cm³/mol. The second-order valence-corrected chi connectivity index (χ2v) is 32.5. The Bertz CT molecular complexity index is 403. The van der Waals surface area contributed by atoms with Crippen LogP contribution in [0.5, 0.6) is 0 Å². The number of hydrogen-bond acceptors (Lipinski definition) is 0. The van der Waals surface area contributed by atoms with Crippen LogP contribution < -0.4 is 0 Å². The molecule has 0 aliphatic heterocycles. The van der Waals surface area contributed by atoms with Crippen LogP contribution in [0.4, 0.5) is 0 Å². The lowest BCUT2D eigenvalue weighted by Gasteiger charge is -2.46. The molecule has 0 amide bonds. The van der Waals surface area contributed by atoms with Crippen LogP contribution in [-0.4, -0.2) is 32.3 Å². The number of rotatable bonds is 15. The normalized spacial score (nSPS) is 13.4. The minimum atomic E-state index is -1.59. The van der Waals surface area contributed by atoms with Gasteiger partial charge in [0.2, 0.25) is 0 Å². The maximum atomic E-state index is 4.13. The van der Waals surface area contributed by atoms with Gasteiger partial charge in [0.25, 0.3) is 0 Å². The van der Waals surface area contributed by atoms with Crippen molar-refractivity contribution in [3.8, 4) is 11.2 Å². The second kappa shape index (κ2) is 13.3. The first-order valence-corrected chi connectivity index (χ1v) is 24.1. The monoisotopic (exact) mass is 472 g/mol. The Labute approximate surface area is 186 Å². The van der Waals surface area contributed by atoms with Gasteiger partial charge in [-0.25, -0.2) is 0 Å². The highest BCUT2D eigenvalue weighted by molar-refractivity contribution is 7.24. The van der Waals surface area contributed by atoms with Gasteiger partial charge in [0.1, 0.15) is 8.07 Å². The minimum absolute atomic E-state index is 1.17. The second-order valence-electron chi connectivity index (χ2n) is 9.76. The van der Waals surface area contributed by atoms with Gasteiger partial charge in [0.15, 0.2) is 0 Å². The quantitative estimate of drug-likeness (QED) is 0.127. The molecule has 0 radical (unpaired) electrons. The lowest BCUT2D eigenvalue weighted by Crippen LogP contribution is -2.56. The molecule has 0 aliphatic carbocycles. The van der Waals surface area contributed by atoms with E-state index in [0.717, 1.165) is 0 Å². The summed E-state index contributed by atoms with van der Waals surface area (Å²) >= 11 is 0. The van der Waals surface area contributed by atoms with Gasteiger partial charge in [-0.05, 0) is 0 Å². The zero-order valence-corrected chi connectivity index (χ0v) is 26.2. The molecule has 0 aromatic heterocycles. The van der Waals surface area contributed by atoms with Crippen LogP contribution in [0.1, 0.15) is 62.3 Å². The molecule has 0 N–H and O–H groups in total. The summed E-state index contributed by atoms with van der Waals surface area (Å²) in [5, 5.41) is 0. The molecule has 0 aromatic rings. The molecule has 0 rings (SSSR count). The van der Waals surface area contributed by atoms with Crippen LogP contribution in [0.25, 0.3) is 0 Å². The van der Waals surface area contributed by atoms with Crippen molar-refractivity contribution >= 4 is 41.5 Å². The zero-order chi connectivity index (χ0) is 21.9. The Morgan fingerprint density at radius 1 is 0.464 bits per heavy atom. The molecule has 0 nitrogen and oxygen atoms in total. The average molecular weight is 473 g/mol. The van der Waals surface area contributed by atoms with Crippen LogP contribution in [0.3, 0.4) is 0 Å². The smallest absolute Gasteiger partial charge is 0.128 e. The fourth-order valence-electron chi connectivity index (χ4n) is 6.00. The van der Waals surface area contributed by atoms with Gasteiger partial charge < -0.3 is 0 Å². The Morgan fingerprint density at radius 2 is 0.679 bits per heavy atom. The van der Waals surface area contributed by atoms with Crippen molar-refractivity contribution in [1.82, 2.24) is 0 Å². The summed E-state index contributed by atoms with van der Waals surface area (Å²) in [4.78, 5) is 0. The Kier molecular flexibility index (Phi) is 13.7. The van der Waals surface area contributed by atoms with Crippen LogP contribution >= 0.6 is 9.24 Å². The van der Waals surface area contributed by atoms with E-state index in [9.17, 15) is 0 Å². The summed E-state index contributed by atoms with van der Waals surface area (Å²) in [6, 6.07) is 13.3. The molecular formula is C23H53PSi4. The fourth-order valence-corrected chi connectivity index (χ4v) is 43.9. The average Bonchev–Trinajstić information content (AvgIpc) is 2.75. The van der Waals surface area contributed by atoms with Crippen molar-refractivity contribution < 1.29 is 0 Å². The van der Waals surface area contributed by atoms with Gasteiger partial charge in [0, 0.05) is 0 Å². The first-order chi connectivity index (χ1) is 13.2. The van der Waals surface area contributed by atoms with E-state index < -0.39 is 32.3 Å². The summed E-state index contributed by atoms with van der Waals surface area (Å²) in [6.45, 7) is 22.6. The third kappa shape index (κ3) is 7.22. The minimum Gasteiger partial charge on any atom is -0.128 e. The van der Waals surface area contributed by atoms with Gasteiger partial charge in [-0.1, -0.05) is 149 Å². The molecule has 5 heteroatoms. The summed E-state index contributed by atoms with van der Waals surface area (Å²) < 4.78 is 0. The fraction of sp³-hybridized carbons (Fsp3) is 0.913. The van der Waals surface area contributed by atoms with E-state index in [1.165, 1.54) is 54.4 Å². The Morgan fingerprint density at radius 3 is 0.821 bits per heavy atom. The van der Waals surface area contributed by atoms with Crippen molar-refractivity contribution in [3.05, 3.63) is 0 Å². The van der Waals surface area contributed by atoms with Crippen molar-refractivity contribution in [2.75, 3.05) is 0 Å². The number of hydrogen-bond donors (Lipinski definition) is 0. The molecule has 0 spiro atoms. The molecular weight excluding hydrogens is 420 g/mol. The van der Waals surface area contributed by atoms with E-state index in [2.05, 4.69) is 82.8 Å². The molecule has 1 unspecified atom stereocenters. The highest BCUT2D eigenvalue weighted by atomic mass is 31.0. The van der Waals surface area contributed by atoms with Crippen molar-refractivity contribution in [1.29, 1.82) is 0 Å². The van der Waals surface area contributed by atoms with Crippen LogP contribution in [0.15, 0.2) is 0 Å². The first-order valence-electron chi connectivity index (χ1n) is 12.5. The molecule has 1 atom stereocenters. The molecule has 0 heterocycles. The van der Waals surface area contributed by atoms with Gasteiger partial charge in [-0.3, -0.25) is 0 Å². The molecule has 0 saturated heterocycles. The van der Waals surface area contributed by atoms with E-state index in [4.69, 9.17) is 0 Å². The molecule has 0 bridgehead atoms. The largest absolute Gasteiger partial charge is 0.131 e. The van der Waals surface area contributed by atoms with Crippen LogP contribution in [-0.2, 0) is 0 Å². The molecule has 0 aromatic carbocycles. The molecule has 0 fully saturated rings. The topological polar surface area (TPSA) is 0 Å². The van der Waals surface area contributed by atoms with Crippen molar-refractivity contribution in [3.63, 3.8) is 0 Å². The Balaban J connectivity index is 6.51. The SMILES string of the molecule is CC[Si](CC)(CC)C[Si](C#CP)(C[Si](CC)(CC)CC)C[Si](CC)(CC)CC. The van der Waals surface area contributed by atoms with E-state index in [0.29, 0.717) is 0 Å². The summed E-state index contributed by atoms with van der Waals surface area (Å²) in [7, 11) is -2.29. The maximum absolute atomic E-state index is 4.13. The van der Waals surface area contributed by atoms with Crippen LogP contribution in [0.2, 0.25) is 71.4 Å². The van der Waals surface area contributed by atoms with Gasteiger partial charge >= 0.3 is 0 Å². The molecule has 0 saturated carbocycles. The zero-order valence-electron chi connectivity index (χ0n) is 21.1. The van der Waals surface area contributed by atoms with E-state index >= 15 is 0 Å². The van der Waals surface area contributed by atoms with E-state index in [-0.39, 0.29) is 0 Å². The van der Waals surface area contributed by atoms with Gasteiger partial charge in [-0.15, -0.1) is 5.54 Å². The third-order valence-corrected chi connectivity index (χ3v) is 41.0. The lowest BCUT2D eigenvalue weighted by molar-refractivity contribution is 1.12. The third-order valence-electron chi connectivity index (χ3n) is 9.23. The van der Waals surface area contributed by atoms with Crippen molar-refractivity contribution in [2.45, 2.75) is 134 Å². The van der Waals surface area contributed by atoms with E-state index in [1.807, 2.05) is 0 Å². The lowest BCUT2D eigenvalue weighted by atomic mass is 10.9. The summed E-state index contributed by atoms with van der Waals surface area (Å²) in [6.07, 6.45) is 0. The predicted octanol–water partition coefficient (Wildman–Crippen LogP) is 8.95. The summed E-state index contributed by atoms with van der Waals surface area (Å²) in [5.41, 5.74) is 12.5. The highest BCUT2D eigenvalue weighted by Gasteiger charge is 2.49. The molecule has 28 heavy (non-hydrogen) atoms. The molecule has 166 valence electrons. The maximum Gasteiger partial charge on any atom is 0.131 e. The molecule has 0 aliphatic rings. The highest BCUT2D eigenvalue weighted by Crippen LogP contribution is 2.43. The van der Waals surface area contributed by atoms with Crippen LogP contribution in [0, 0.1) is 11.2 Å². The van der Waals surface area contributed by atoms with Gasteiger partial charge in [-0.2, -0.15) is 0 Å². The van der Waals surface area contributed by atoms with E-state index in [1.54, 1.807) is 17.0 Å². The standard InChI is InChI=1S/C23H53PSi4/c1-10-25(11-2,12-3)21-28(20-19-24,22-26(13-4,14-5)15-6)23-27(16-7,17-8)18-9/h10-18,21-24H2,1-9H3. The van der Waals surface area contributed by atoms with Crippen molar-refractivity contribution in [2.24, 2.45) is 0 Å². The summed E-state index contributed by atoms with van der Waals surface area (Å²) in [5.74, 6) is 0.